The van der Waals surface area contributed by atoms with Gasteiger partial charge in [0.15, 0.2) is 5.82 Å². The standard InChI is InChI=1S/C19H15ClN4O/c20-17-10-15(14-1-2-14)3-4-16(17)12-25-19-6-8-23-24(19)18-9-13(11-21)5-7-22-18/h3-10,14H,1-2,12H2. The van der Waals surface area contributed by atoms with Crippen molar-refractivity contribution in [3.05, 3.63) is 70.5 Å². The first-order chi connectivity index (χ1) is 12.2. The largest absolute Gasteiger partial charge is 0.473 e. The van der Waals surface area contributed by atoms with Crippen molar-refractivity contribution in [2.75, 3.05) is 0 Å². The van der Waals surface area contributed by atoms with Crippen LogP contribution in [0.2, 0.25) is 5.02 Å². The lowest BCUT2D eigenvalue weighted by Gasteiger charge is -2.10. The molecule has 0 radical (unpaired) electrons. The number of pyridine rings is 1. The van der Waals surface area contributed by atoms with Gasteiger partial charge in [0.2, 0.25) is 5.88 Å². The molecule has 3 aromatic rings. The zero-order chi connectivity index (χ0) is 17.2. The highest BCUT2D eigenvalue weighted by Gasteiger charge is 2.23. The monoisotopic (exact) mass is 350 g/mol. The van der Waals surface area contributed by atoms with Gasteiger partial charge in [-0.05, 0) is 36.5 Å². The van der Waals surface area contributed by atoms with Crippen LogP contribution < -0.4 is 4.74 Å². The van der Waals surface area contributed by atoms with Crippen molar-refractivity contribution in [1.82, 2.24) is 14.8 Å². The molecular weight excluding hydrogens is 336 g/mol. The summed E-state index contributed by atoms with van der Waals surface area (Å²) in [5.41, 5.74) is 2.75. The van der Waals surface area contributed by atoms with Gasteiger partial charge in [0, 0.05) is 28.9 Å². The molecule has 5 nitrogen and oxygen atoms in total. The van der Waals surface area contributed by atoms with E-state index in [1.807, 2.05) is 12.1 Å². The van der Waals surface area contributed by atoms with E-state index < -0.39 is 0 Å². The van der Waals surface area contributed by atoms with Gasteiger partial charge in [0.1, 0.15) is 6.61 Å². The van der Waals surface area contributed by atoms with Crippen molar-refractivity contribution in [3.8, 4) is 17.8 Å². The Morgan fingerprint density at radius 1 is 1.20 bits per heavy atom. The Hall–Kier alpha value is -2.84. The van der Waals surface area contributed by atoms with Crippen LogP contribution in [0, 0.1) is 11.3 Å². The Morgan fingerprint density at radius 3 is 2.84 bits per heavy atom. The molecule has 0 amide bonds. The smallest absolute Gasteiger partial charge is 0.218 e. The molecule has 1 aliphatic rings. The van der Waals surface area contributed by atoms with Gasteiger partial charge in [0.25, 0.3) is 0 Å². The average Bonchev–Trinajstić information content (AvgIpc) is 3.39. The van der Waals surface area contributed by atoms with Crippen LogP contribution in [0.5, 0.6) is 5.88 Å². The summed E-state index contributed by atoms with van der Waals surface area (Å²) in [6, 6.07) is 13.3. The summed E-state index contributed by atoms with van der Waals surface area (Å²) in [4.78, 5) is 4.24. The van der Waals surface area contributed by atoms with Gasteiger partial charge in [-0.25, -0.2) is 4.98 Å². The summed E-state index contributed by atoms with van der Waals surface area (Å²) in [5.74, 6) is 1.76. The molecule has 6 heteroatoms. The molecule has 0 aliphatic heterocycles. The zero-order valence-corrected chi connectivity index (χ0v) is 14.1. The third-order valence-corrected chi connectivity index (χ3v) is 4.55. The second-order valence-corrected chi connectivity index (χ2v) is 6.42. The van der Waals surface area contributed by atoms with E-state index in [9.17, 15) is 0 Å². The first-order valence-electron chi connectivity index (χ1n) is 8.06. The normalized spacial score (nSPS) is 13.4. The lowest BCUT2D eigenvalue weighted by Crippen LogP contribution is -2.05. The van der Waals surface area contributed by atoms with Crippen LogP contribution in [0.15, 0.2) is 48.8 Å². The first kappa shape index (κ1) is 15.7. The van der Waals surface area contributed by atoms with E-state index in [2.05, 4.69) is 22.2 Å². The lowest BCUT2D eigenvalue weighted by atomic mass is 10.1. The fraction of sp³-hybridized carbons (Fsp3) is 0.211. The summed E-state index contributed by atoms with van der Waals surface area (Å²) in [7, 11) is 0. The van der Waals surface area contributed by atoms with E-state index in [-0.39, 0.29) is 0 Å². The van der Waals surface area contributed by atoms with Gasteiger partial charge in [-0.1, -0.05) is 23.7 Å². The van der Waals surface area contributed by atoms with Gasteiger partial charge in [-0.3, -0.25) is 0 Å². The van der Waals surface area contributed by atoms with Gasteiger partial charge in [0.05, 0.1) is 17.8 Å². The Kier molecular flexibility index (Phi) is 4.12. The molecular formula is C19H15ClN4O. The van der Waals surface area contributed by atoms with Crippen molar-refractivity contribution < 1.29 is 4.74 Å². The number of aromatic nitrogens is 3. The topological polar surface area (TPSA) is 63.7 Å². The lowest BCUT2D eigenvalue weighted by molar-refractivity contribution is 0.284. The highest BCUT2D eigenvalue weighted by Crippen LogP contribution is 2.41. The number of hydrogen-bond acceptors (Lipinski definition) is 4. The predicted octanol–water partition coefficient (Wildman–Crippen LogP) is 4.25. The molecule has 124 valence electrons. The van der Waals surface area contributed by atoms with E-state index >= 15 is 0 Å². The Bertz CT molecular complexity index is 956. The van der Waals surface area contributed by atoms with Gasteiger partial charge < -0.3 is 4.74 Å². The molecule has 2 aromatic heterocycles. The SMILES string of the molecule is N#Cc1ccnc(-n2nccc2OCc2ccc(C3CC3)cc2Cl)c1. The molecule has 1 aliphatic carbocycles. The molecule has 25 heavy (non-hydrogen) atoms. The molecule has 0 atom stereocenters. The van der Waals surface area contributed by atoms with Crippen LogP contribution >= 0.6 is 11.6 Å². The quantitative estimate of drug-likeness (QED) is 0.690. The summed E-state index contributed by atoms with van der Waals surface area (Å²) >= 11 is 6.39. The van der Waals surface area contributed by atoms with Crippen molar-refractivity contribution in [3.63, 3.8) is 0 Å². The number of nitrogens with zero attached hydrogens (tertiary/aromatic N) is 4. The predicted molar refractivity (Wildman–Crippen MR) is 93.8 cm³/mol. The molecule has 0 spiro atoms. The second kappa shape index (κ2) is 6.58. The van der Waals surface area contributed by atoms with E-state index in [0.717, 1.165) is 10.6 Å². The van der Waals surface area contributed by atoms with Gasteiger partial charge >= 0.3 is 0 Å². The number of rotatable bonds is 5. The van der Waals surface area contributed by atoms with Crippen molar-refractivity contribution in [2.45, 2.75) is 25.4 Å². The van der Waals surface area contributed by atoms with Crippen molar-refractivity contribution >= 4 is 11.6 Å². The fourth-order valence-electron chi connectivity index (χ4n) is 2.68. The van der Waals surface area contributed by atoms with Crippen LogP contribution in [-0.2, 0) is 6.61 Å². The minimum Gasteiger partial charge on any atom is -0.473 e. The van der Waals surface area contributed by atoms with Crippen LogP contribution in [-0.4, -0.2) is 14.8 Å². The van der Waals surface area contributed by atoms with E-state index in [1.165, 1.54) is 18.4 Å². The summed E-state index contributed by atoms with van der Waals surface area (Å²) in [6.45, 7) is 0.341. The van der Waals surface area contributed by atoms with Crippen molar-refractivity contribution in [2.24, 2.45) is 0 Å². The molecule has 2 heterocycles. The van der Waals surface area contributed by atoms with Gasteiger partial charge in [-0.2, -0.15) is 15.0 Å². The average molecular weight is 351 g/mol. The number of nitriles is 1. The molecule has 0 saturated heterocycles. The van der Waals surface area contributed by atoms with E-state index in [4.69, 9.17) is 21.6 Å². The second-order valence-electron chi connectivity index (χ2n) is 6.01. The molecule has 1 aromatic carbocycles. The van der Waals surface area contributed by atoms with Crippen LogP contribution in [0.25, 0.3) is 5.82 Å². The van der Waals surface area contributed by atoms with Crippen LogP contribution in [0.3, 0.4) is 0 Å². The Balaban J connectivity index is 1.52. The highest BCUT2D eigenvalue weighted by molar-refractivity contribution is 6.31. The molecule has 0 bridgehead atoms. The van der Waals surface area contributed by atoms with Gasteiger partial charge in [-0.15, -0.1) is 0 Å². The maximum absolute atomic E-state index is 9.02. The molecule has 0 N–H and O–H groups in total. The minimum absolute atomic E-state index is 0.341. The third-order valence-electron chi connectivity index (χ3n) is 4.20. The van der Waals surface area contributed by atoms with Crippen LogP contribution in [0.1, 0.15) is 35.4 Å². The Morgan fingerprint density at radius 2 is 2.08 bits per heavy atom. The maximum atomic E-state index is 9.02. The number of halogens is 1. The third kappa shape index (κ3) is 3.35. The molecule has 1 fully saturated rings. The molecule has 4 rings (SSSR count). The molecule has 0 unspecified atom stereocenters. The number of benzene rings is 1. The van der Waals surface area contributed by atoms with Crippen molar-refractivity contribution in [1.29, 1.82) is 5.26 Å². The summed E-state index contributed by atoms with van der Waals surface area (Å²) < 4.78 is 7.44. The zero-order valence-electron chi connectivity index (χ0n) is 13.4. The highest BCUT2D eigenvalue weighted by atomic mass is 35.5. The minimum atomic E-state index is 0.341. The molecule has 1 saturated carbocycles. The summed E-state index contributed by atoms with van der Waals surface area (Å²) in [5, 5.41) is 14.0. The summed E-state index contributed by atoms with van der Waals surface area (Å²) in [6.07, 6.45) is 5.71. The maximum Gasteiger partial charge on any atom is 0.218 e. The number of ether oxygens (including phenoxy) is 1. The fourth-order valence-corrected chi connectivity index (χ4v) is 2.92. The Labute approximate surface area is 150 Å². The van der Waals surface area contributed by atoms with Crippen LogP contribution in [0.4, 0.5) is 0 Å². The first-order valence-corrected chi connectivity index (χ1v) is 8.44. The number of hydrogen-bond donors (Lipinski definition) is 0. The van der Waals surface area contributed by atoms with E-state index in [1.54, 1.807) is 35.3 Å². The van der Waals surface area contributed by atoms with E-state index in [0.29, 0.717) is 29.8 Å².